The molecule has 1 aliphatic rings. The number of rotatable bonds is 2. The van der Waals surface area contributed by atoms with E-state index in [9.17, 15) is 4.79 Å². The van der Waals surface area contributed by atoms with Crippen LogP contribution in [0.2, 0.25) is 0 Å². The molecule has 3 heterocycles. The molecule has 1 aromatic carbocycles. The SMILES string of the molecule is O=C(c1cccnc1)N1CC[C@H](c2nc3ccccc3o2)C1. The van der Waals surface area contributed by atoms with Gasteiger partial charge in [-0.2, -0.15) is 0 Å². The molecule has 0 spiro atoms. The van der Waals surface area contributed by atoms with Crippen LogP contribution in [0.5, 0.6) is 0 Å². The minimum atomic E-state index is 0.0201. The lowest BCUT2D eigenvalue weighted by molar-refractivity contribution is 0.0789. The van der Waals surface area contributed by atoms with Gasteiger partial charge in [0.1, 0.15) is 5.52 Å². The summed E-state index contributed by atoms with van der Waals surface area (Å²) in [6.45, 7) is 1.36. The number of amides is 1. The van der Waals surface area contributed by atoms with Crippen LogP contribution in [0, 0.1) is 0 Å². The monoisotopic (exact) mass is 293 g/mol. The minimum absolute atomic E-state index is 0.0201. The predicted octanol–water partition coefficient (Wildman–Crippen LogP) is 2.85. The summed E-state index contributed by atoms with van der Waals surface area (Å²) in [7, 11) is 0. The molecule has 0 saturated carbocycles. The van der Waals surface area contributed by atoms with Gasteiger partial charge >= 0.3 is 0 Å². The molecule has 0 bridgehead atoms. The molecular formula is C17H15N3O2. The molecule has 1 aliphatic heterocycles. The van der Waals surface area contributed by atoms with Crippen LogP contribution in [0.15, 0.2) is 53.2 Å². The summed E-state index contributed by atoms with van der Waals surface area (Å²) >= 11 is 0. The number of hydrogen-bond donors (Lipinski definition) is 0. The molecular weight excluding hydrogens is 278 g/mol. The Morgan fingerprint density at radius 3 is 2.95 bits per heavy atom. The van der Waals surface area contributed by atoms with Gasteiger partial charge in [-0.05, 0) is 30.7 Å². The number of aromatic nitrogens is 2. The van der Waals surface area contributed by atoms with Crippen LogP contribution in [-0.2, 0) is 0 Å². The fourth-order valence-corrected chi connectivity index (χ4v) is 2.88. The van der Waals surface area contributed by atoms with E-state index in [4.69, 9.17) is 4.42 Å². The molecule has 3 aromatic rings. The van der Waals surface area contributed by atoms with Crippen molar-refractivity contribution in [3.63, 3.8) is 0 Å². The first-order valence-corrected chi connectivity index (χ1v) is 7.36. The van der Waals surface area contributed by atoms with Crippen LogP contribution in [0.1, 0.15) is 28.6 Å². The average Bonchev–Trinajstić information content (AvgIpc) is 3.21. The maximum atomic E-state index is 12.4. The number of hydrogen-bond acceptors (Lipinski definition) is 4. The van der Waals surface area contributed by atoms with E-state index >= 15 is 0 Å². The minimum Gasteiger partial charge on any atom is -0.440 e. The Hall–Kier alpha value is -2.69. The predicted molar refractivity (Wildman–Crippen MR) is 81.5 cm³/mol. The Kier molecular flexibility index (Phi) is 3.11. The Bertz CT molecular complexity index is 780. The average molecular weight is 293 g/mol. The quantitative estimate of drug-likeness (QED) is 0.729. The number of fused-ring (bicyclic) bond motifs is 1. The van der Waals surface area contributed by atoms with Crippen molar-refractivity contribution in [2.24, 2.45) is 0 Å². The Labute approximate surface area is 127 Å². The van der Waals surface area contributed by atoms with Crippen LogP contribution in [0.25, 0.3) is 11.1 Å². The normalized spacial score (nSPS) is 18.0. The van der Waals surface area contributed by atoms with E-state index in [0.717, 1.165) is 30.0 Å². The van der Waals surface area contributed by atoms with Crippen LogP contribution in [-0.4, -0.2) is 33.9 Å². The van der Waals surface area contributed by atoms with Gasteiger partial charge in [-0.25, -0.2) is 4.98 Å². The van der Waals surface area contributed by atoms with Crippen molar-refractivity contribution in [3.05, 3.63) is 60.2 Å². The highest BCUT2D eigenvalue weighted by atomic mass is 16.3. The standard InChI is InChI=1S/C17H15N3O2/c21-17(12-4-3-8-18-10-12)20-9-7-13(11-20)16-19-14-5-1-2-6-15(14)22-16/h1-6,8,10,13H,7,9,11H2/t13-/m0/s1. The summed E-state index contributed by atoms with van der Waals surface area (Å²) in [5.41, 5.74) is 2.30. The third-order valence-electron chi connectivity index (χ3n) is 4.04. The zero-order valence-corrected chi connectivity index (χ0v) is 12.0. The van der Waals surface area contributed by atoms with Crippen molar-refractivity contribution in [3.8, 4) is 0 Å². The number of likely N-dealkylation sites (tertiary alicyclic amines) is 1. The van der Waals surface area contributed by atoms with Gasteiger partial charge in [0.05, 0.1) is 11.5 Å². The van der Waals surface area contributed by atoms with E-state index in [1.807, 2.05) is 29.2 Å². The van der Waals surface area contributed by atoms with E-state index in [-0.39, 0.29) is 11.8 Å². The first kappa shape index (κ1) is 13.0. The van der Waals surface area contributed by atoms with E-state index in [2.05, 4.69) is 9.97 Å². The van der Waals surface area contributed by atoms with Crippen LogP contribution >= 0.6 is 0 Å². The maximum Gasteiger partial charge on any atom is 0.255 e. The van der Waals surface area contributed by atoms with Crippen molar-refractivity contribution in [1.82, 2.24) is 14.9 Å². The summed E-state index contributed by atoms with van der Waals surface area (Å²) < 4.78 is 5.82. The second-order valence-corrected chi connectivity index (χ2v) is 5.50. The van der Waals surface area contributed by atoms with Gasteiger partial charge in [0.2, 0.25) is 0 Å². The fraction of sp³-hybridized carbons (Fsp3) is 0.235. The van der Waals surface area contributed by atoms with E-state index in [1.54, 1.807) is 24.5 Å². The summed E-state index contributed by atoms with van der Waals surface area (Å²) in [6, 6.07) is 11.3. The molecule has 0 unspecified atom stereocenters. The van der Waals surface area contributed by atoms with Crippen LogP contribution < -0.4 is 0 Å². The fourth-order valence-electron chi connectivity index (χ4n) is 2.88. The van der Waals surface area contributed by atoms with E-state index in [0.29, 0.717) is 12.1 Å². The zero-order chi connectivity index (χ0) is 14.9. The largest absolute Gasteiger partial charge is 0.440 e. The molecule has 22 heavy (non-hydrogen) atoms. The van der Waals surface area contributed by atoms with Crippen LogP contribution in [0.4, 0.5) is 0 Å². The van der Waals surface area contributed by atoms with Crippen molar-refractivity contribution < 1.29 is 9.21 Å². The number of nitrogens with zero attached hydrogens (tertiary/aromatic N) is 3. The van der Waals surface area contributed by atoms with Crippen molar-refractivity contribution in [2.75, 3.05) is 13.1 Å². The number of pyridine rings is 1. The van der Waals surface area contributed by atoms with E-state index in [1.165, 1.54) is 0 Å². The molecule has 1 fully saturated rings. The second kappa shape index (κ2) is 5.26. The molecule has 1 saturated heterocycles. The third kappa shape index (κ3) is 2.24. The lowest BCUT2D eigenvalue weighted by Gasteiger charge is -2.15. The van der Waals surface area contributed by atoms with Gasteiger partial charge in [-0.15, -0.1) is 0 Å². The summed E-state index contributed by atoms with van der Waals surface area (Å²) in [4.78, 5) is 22.8. The highest BCUT2D eigenvalue weighted by molar-refractivity contribution is 5.94. The van der Waals surface area contributed by atoms with Gasteiger partial charge in [0.15, 0.2) is 11.5 Å². The highest BCUT2D eigenvalue weighted by Crippen LogP contribution is 2.29. The summed E-state index contributed by atoms with van der Waals surface area (Å²) in [5.74, 6) is 0.905. The number of carbonyl (C=O) groups is 1. The van der Waals surface area contributed by atoms with E-state index < -0.39 is 0 Å². The van der Waals surface area contributed by atoms with Gasteiger partial charge in [0.25, 0.3) is 5.91 Å². The smallest absolute Gasteiger partial charge is 0.255 e. The zero-order valence-electron chi connectivity index (χ0n) is 12.0. The lowest BCUT2D eigenvalue weighted by Crippen LogP contribution is -2.28. The van der Waals surface area contributed by atoms with Crippen molar-refractivity contribution in [1.29, 1.82) is 0 Å². The molecule has 0 aliphatic carbocycles. The molecule has 1 atom stereocenters. The number of para-hydroxylation sites is 2. The molecule has 1 amide bonds. The Balaban J connectivity index is 1.53. The third-order valence-corrected chi connectivity index (χ3v) is 4.04. The number of benzene rings is 1. The highest BCUT2D eigenvalue weighted by Gasteiger charge is 2.31. The summed E-state index contributed by atoms with van der Waals surface area (Å²) in [5, 5.41) is 0. The molecule has 4 rings (SSSR count). The van der Waals surface area contributed by atoms with Gasteiger partial charge in [0, 0.05) is 25.5 Å². The van der Waals surface area contributed by atoms with Gasteiger partial charge in [-0.1, -0.05) is 12.1 Å². The lowest BCUT2D eigenvalue weighted by atomic mass is 10.1. The van der Waals surface area contributed by atoms with Crippen LogP contribution in [0.3, 0.4) is 0 Å². The molecule has 110 valence electrons. The van der Waals surface area contributed by atoms with Gasteiger partial charge < -0.3 is 9.32 Å². The topological polar surface area (TPSA) is 59.2 Å². The molecule has 0 N–H and O–H groups in total. The number of oxazole rings is 1. The maximum absolute atomic E-state index is 12.4. The molecule has 5 nitrogen and oxygen atoms in total. The Morgan fingerprint density at radius 1 is 1.23 bits per heavy atom. The first-order valence-electron chi connectivity index (χ1n) is 7.36. The molecule has 5 heteroatoms. The molecule has 2 aromatic heterocycles. The van der Waals surface area contributed by atoms with Crippen molar-refractivity contribution in [2.45, 2.75) is 12.3 Å². The molecule has 0 radical (unpaired) electrons. The number of carbonyl (C=O) groups excluding carboxylic acids is 1. The Morgan fingerprint density at radius 2 is 2.14 bits per heavy atom. The van der Waals surface area contributed by atoms with Gasteiger partial charge in [-0.3, -0.25) is 9.78 Å². The second-order valence-electron chi connectivity index (χ2n) is 5.50. The first-order chi connectivity index (χ1) is 10.8. The summed E-state index contributed by atoms with van der Waals surface area (Å²) in [6.07, 6.45) is 4.15. The van der Waals surface area contributed by atoms with Crippen molar-refractivity contribution >= 4 is 17.0 Å².